The molecule has 1 atom stereocenters. The van der Waals surface area contributed by atoms with Crippen LogP contribution in [-0.2, 0) is 9.59 Å². The van der Waals surface area contributed by atoms with Crippen LogP contribution in [0.3, 0.4) is 0 Å². The Labute approximate surface area is 117 Å². The summed E-state index contributed by atoms with van der Waals surface area (Å²) in [5, 5.41) is 8.81. The summed E-state index contributed by atoms with van der Waals surface area (Å²) in [6, 6.07) is 5.17. The first-order valence-corrected chi connectivity index (χ1v) is 6.25. The summed E-state index contributed by atoms with van der Waals surface area (Å²) >= 11 is 0. The highest BCUT2D eigenvalue weighted by molar-refractivity contribution is 5.84. The average Bonchev–Trinajstić information content (AvgIpc) is 2.34. The van der Waals surface area contributed by atoms with Crippen molar-refractivity contribution in [3.05, 3.63) is 30.1 Å². The maximum atomic E-state index is 13.0. The van der Waals surface area contributed by atoms with Crippen LogP contribution in [0.15, 0.2) is 24.3 Å². The number of hydrogen-bond donors (Lipinski definition) is 1. The van der Waals surface area contributed by atoms with Crippen LogP contribution in [0.2, 0.25) is 0 Å². The lowest BCUT2D eigenvalue weighted by Crippen LogP contribution is -2.46. The second-order valence-corrected chi connectivity index (χ2v) is 4.67. The third-order valence-corrected chi connectivity index (χ3v) is 2.67. The lowest BCUT2D eigenvalue weighted by Gasteiger charge is -2.28. The van der Waals surface area contributed by atoms with Crippen molar-refractivity contribution in [3.63, 3.8) is 0 Å². The second-order valence-electron chi connectivity index (χ2n) is 4.67. The standard InChI is InChI=1S/C14H18FNO4/c1-9(2)16(8-13(17)18)14(19)10(3)20-12-6-4-5-11(15)7-12/h4-7,9-10H,8H2,1-3H3,(H,17,18). The Bertz CT molecular complexity index is 490. The maximum absolute atomic E-state index is 13.0. The van der Waals surface area contributed by atoms with Crippen LogP contribution in [0.4, 0.5) is 4.39 Å². The fraction of sp³-hybridized carbons (Fsp3) is 0.429. The van der Waals surface area contributed by atoms with Gasteiger partial charge in [0, 0.05) is 12.1 Å². The molecular weight excluding hydrogens is 265 g/mol. The molecule has 0 saturated carbocycles. The van der Waals surface area contributed by atoms with E-state index < -0.39 is 30.3 Å². The number of carbonyl (C=O) groups excluding carboxylic acids is 1. The van der Waals surface area contributed by atoms with Gasteiger partial charge in [0.25, 0.3) is 5.91 Å². The average molecular weight is 283 g/mol. The molecule has 0 fully saturated rings. The van der Waals surface area contributed by atoms with E-state index in [4.69, 9.17) is 9.84 Å². The third kappa shape index (κ3) is 4.53. The summed E-state index contributed by atoms with van der Waals surface area (Å²) in [7, 11) is 0. The molecule has 0 bridgehead atoms. The largest absolute Gasteiger partial charge is 0.481 e. The number of rotatable bonds is 6. The van der Waals surface area contributed by atoms with Crippen molar-refractivity contribution in [1.29, 1.82) is 0 Å². The number of halogens is 1. The van der Waals surface area contributed by atoms with E-state index in [1.54, 1.807) is 13.8 Å². The molecule has 1 N–H and O–H groups in total. The molecule has 20 heavy (non-hydrogen) atoms. The van der Waals surface area contributed by atoms with Gasteiger partial charge in [-0.2, -0.15) is 0 Å². The molecule has 5 nitrogen and oxygen atoms in total. The number of nitrogens with zero attached hydrogens (tertiary/aromatic N) is 1. The van der Waals surface area contributed by atoms with Crippen molar-refractivity contribution in [1.82, 2.24) is 4.90 Å². The van der Waals surface area contributed by atoms with Crippen molar-refractivity contribution in [3.8, 4) is 5.75 Å². The van der Waals surface area contributed by atoms with E-state index in [1.165, 1.54) is 36.1 Å². The molecular formula is C14H18FNO4. The summed E-state index contributed by atoms with van der Waals surface area (Å²) < 4.78 is 18.4. The van der Waals surface area contributed by atoms with Gasteiger partial charge in [-0.3, -0.25) is 9.59 Å². The van der Waals surface area contributed by atoms with Crippen molar-refractivity contribution >= 4 is 11.9 Å². The summed E-state index contributed by atoms with van der Waals surface area (Å²) in [5.41, 5.74) is 0. The number of amides is 1. The molecule has 0 heterocycles. The molecule has 110 valence electrons. The fourth-order valence-corrected chi connectivity index (χ4v) is 1.69. The van der Waals surface area contributed by atoms with E-state index in [0.717, 1.165) is 0 Å². The topological polar surface area (TPSA) is 66.8 Å². The Morgan fingerprint density at radius 3 is 2.50 bits per heavy atom. The predicted molar refractivity (Wildman–Crippen MR) is 71.0 cm³/mol. The van der Waals surface area contributed by atoms with E-state index in [-0.39, 0.29) is 11.8 Å². The highest BCUT2D eigenvalue weighted by Crippen LogP contribution is 2.15. The third-order valence-electron chi connectivity index (χ3n) is 2.67. The van der Waals surface area contributed by atoms with Gasteiger partial charge in [-0.25, -0.2) is 4.39 Å². The van der Waals surface area contributed by atoms with Gasteiger partial charge in [-0.15, -0.1) is 0 Å². The van der Waals surface area contributed by atoms with Crippen molar-refractivity contribution in [2.75, 3.05) is 6.54 Å². The molecule has 0 aliphatic heterocycles. The summed E-state index contributed by atoms with van der Waals surface area (Å²) in [6.07, 6.45) is -0.890. The van der Waals surface area contributed by atoms with Gasteiger partial charge in [0.2, 0.25) is 0 Å². The Balaban J connectivity index is 2.76. The number of aliphatic carboxylic acids is 1. The highest BCUT2D eigenvalue weighted by atomic mass is 19.1. The molecule has 1 aromatic carbocycles. The molecule has 1 rings (SSSR count). The monoisotopic (exact) mass is 283 g/mol. The van der Waals surface area contributed by atoms with Crippen LogP contribution in [0.25, 0.3) is 0 Å². The smallest absolute Gasteiger partial charge is 0.323 e. The summed E-state index contributed by atoms with van der Waals surface area (Å²) in [5.74, 6) is -1.78. The summed E-state index contributed by atoms with van der Waals surface area (Å²) in [6.45, 7) is 4.54. The van der Waals surface area contributed by atoms with Crippen molar-refractivity contribution in [2.45, 2.75) is 32.9 Å². The number of ether oxygens (including phenoxy) is 1. The second kappa shape index (κ2) is 6.88. The summed E-state index contributed by atoms with van der Waals surface area (Å²) in [4.78, 5) is 24.1. The Morgan fingerprint density at radius 1 is 1.35 bits per heavy atom. The first-order chi connectivity index (χ1) is 9.31. The molecule has 0 radical (unpaired) electrons. The molecule has 0 spiro atoms. The van der Waals surface area contributed by atoms with Crippen LogP contribution < -0.4 is 4.74 Å². The van der Waals surface area contributed by atoms with Crippen LogP contribution in [0.1, 0.15) is 20.8 Å². The molecule has 0 aliphatic rings. The molecule has 0 saturated heterocycles. The van der Waals surface area contributed by atoms with Gasteiger partial charge < -0.3 is 14.7 Å². The molecule has 0 aromatic heterocycles. The number of carboxylic acid groups (broad SMARTS) is 1. The molecule has 6 heteroatoms. The highest BCUT2D eigenvalue weighted by Gasteiger charge is 2.26. The zero-order valence-electron chi connectivity index (χ0n) is 11.7. The van der Waals surface area contributed by atoms with Gasteiger partial charge in [0.1, 0.15) is 18.1 Å². The molecule has 1 aromatic rings. The number of carboxylic acids is 1. The SMILES string of the molecule is CC(Oc1cccc(F)c1)C(=O)N(CC(=O)O)C(C)C. The van der Waals surface area contributed by atoms with E-state index in [0.29, 0.717) is 0 Å². The Morgan fingerprint density at radius 2 is 2.00 bits per heavy atom. The maximum Gasteiger partial charge on any atom is 0.323 e. The number of benzene rings is 1. The van der Waals surface area contributed by atoms with E-state index >= 15 is 0 Å². The van der Waals surface area contributed by atoms with Crippen LogP contribution in [0, 0.1) is 5.82 Å². The minimum absolute atomic E-state index is 0.227. The van der Waals surface area contributed by atoms with Gasteiger partial charge in [-0.1, -0.05) is 6.07 Å². The van der Waals surface area contributed by atoms with E-state index in [2.05, 4.69) is 0 Å². The Kier molecular flexibility index (Phi) is 5.49. The van der Waals surface area contributed by atoms with Crippen molar-refractivity contribution < 1.29 is 23.8 Å². The van der Waals surface area contributed by atoms with Crippen molar-refractivity contribution in [2.24, 2.45) is 0 Å². The van der Waals surface area contributed by atoms with Gasteiger partial charge >= 0.3 is 5.97 Å². The van der Waals surface area contributed by atoms with Crippen LogP contribution in [0.5, 0.6) is 5.75 Å². The number of carbonyl (C=O) groups is 2. The lowest BCUT2D eigenvalue weighted by atomic mass is 10.2. The van der Waals surface area contributed by atoms with Gasteiger partial charge in [0.15, 0.2) is 6.10 Å². The van der Waals surface area contributed by atoms with Gasteiger partial charge in [-0.05, 0) is 32.9 Å². The minimum atomic E-state index is -1.09. The molecule has 1 unspecified atom stereocenters. The quantitative estimate of drug-likeness (QED) is 0.866. The first kappa shape index (κ1) is 15.9. The Hall–Kier alpha value is -2.11. The predicted octanol–water partition coefficient (Wildman–Crippen LogP) is 1.91. The lowest BCUT2D eigenvalue weighted by molar-refractivity contribution is -0.149. The van der Waals surface area contributed by atoms with E-state index in [9.17, 15) is 14.0 Å². The fourth-order valence-electron chi connectivity index (χ4n) is 1.69. The van der Waals surface area contributed by atoms with Gasteiger partial charge in [0.05, 0.1) is 0 Å². The van der Waals surface area contributed by atoms with E-state index in [1.807, 2.05) is 0 Å². The number of hydrogen-bond acceptors (Lipinski definition) is 3. The molecule has 1 amide bonds. The van der Waals surface area contributed by atoms with Crippen LogP contribution in [-0.4, -0.2) is 40.6 Å². The zero-order chi connectivity index (χ0) is 15.3. The zero-order valence-corrected chi connectivity index (χ0v) is 11.7. The minimum Gasteiger partial charge on any atom is -0.481 e. The first-order valence-electron chi connectivity index (χ1n) is 6.25. The normalized spacial score (nSPS) is 12.1. The molecule has 0 aliphatic carbocycles. The van der Waals surface area contributed by atoms with Crippen LogP contribution >= 0.6 is 0 Å².